The number of hydrogen-bond acceptors (Lipinski definition) is 2. The SMILES string of the molecule is C=[N+]1C(=O)Oc2c1cc(C)cc2C(C)(C)C. The monoisotopic (exact) mass is 218 g/mol. The van der Waals surface area contributed by atoms with E-state index < -0.39 is 6.09 Å². The highest BCUT2D eigenvalue weighted by Gasteiger charge is 2.39. The molecule has 0 saturated carbocycles. The molecule has 0 spiro atoms. The third-order valence-corrected chi connectivity index (χ3v) is 2.72. The minimum atomic E-state index is -0.411. The van der Waals surface area contributed by atoms with Crippen molar-refractivity contribution in [2.45, 2.75) is 33.1 Å². The highest BCUT2D eigenvalue weighted by Crippen LogP contribution is 2.42. The Morgan fingerprint density at radius 2 is 1.94 bits per heavy atom. The van der Waals surface area contributed by atoms with Crippen LogP contribution in [0.15, 0.2) is 12.1 Å². The Labute approximate surface area is 95.4 Å². The Bertz CT molecular complexity index is 495. The van der Waals surface area contributed by atoms with Gasteiger partial charge >= 0.3 is 6.09 Å². The van der Waals surface area contributed by atoms with E-state index in [1.807, 2.05) is 13.0 Å². The van der Waals surface area contributed by atoms with E-state index in [0.717, 1.165) is 16.8 Å². The zero-order valence-electron chi connectivity index (χ0n) is 10.1. The summed E-state index contributed by atoms with van der Waals surface area (Å²) in [4.78, 5) is 11.5. The minimum Gasteiger partial charge on any atom is -0.365 e. The molecule has 1 heterocycles. The van der Waals surface area contributed by atoms with E-state index in [4.69, 9.17) is 4.74 Å². The lowest BCUT2D eigenvalue weighted by molar-refractivity contribution is -0.323. The molecule has 0 bridgehead atoms. The zero-order valence-corrected chi connectivity index (χ0v) is 10.1. The van der Waals surface area contributed by atoms with E-state index in [0.29, 0.717) is 5.75 Å². The first-order valence-corrected chi connectivity index (χ1v) is 5.28. The molecule has 1 aromatic carbocycles. The summed E-state index contributed by atoms with van der Waals surface area (Å²) in [6.07, 6.45) is -0.411. The molecule has 2 rings (SSSR count). The molecule has 0 atom stereocenters. The summed E-state index contributed by atoms with van der Waals surface area (Å²) in [7, 11) is 0. The fraction of sp³-hybridized carbons (Fsp3) is 0.385. The van der Waals surface area contributed by atoms with Crippen molar-refractivity contribution in [2.24, 2.45) is 0 Å². The number of carbonyl (C=O) groups excluding carboxylic acids is 1. The van der Waals surface area contributed by atoms with Gasteiger partial charge in [-0.05, 0) is 17.9 Å². The van der Waals surface area contributed by atoms with Crippen molar-refractivity contribution in [1.29, 1.82) is 0 Å². The van der Waals surface area contributed by atoms with Crippen LogP contribution < -0.4 is 4.74 Å². The van der Waals surface area contributed by atoms with Gasteiger partial charge in [0.15, 0.2) is 0 Å². The van der Waals surface area contributed by atoms with Gasteiger partial charge in [-0.25, -0.2) is 0 Å². The van der Waals surface area contributed by atoms with Gasteiger partial charge in [0, 0.05) is 11.6 Å². The van der Waals surface area contributed by atoms with Crippen LogP contribution in [0.4, 0.5) is 10.5 Å². The maximum atomic E-state index is 11.5. The fourth-order valence-corrected chi connectivity index (χ4v) is 1.86. The van der Waals surface area contributed by atoms with Crippen molar-refractivity contribution in [1.82, 2.24) is 0 Å². The summed E-state index contributed by atoms with van der Waals surface area (Å²) in [5, 5.41) is 0. The molecule has 3 nitrogen and oxygen atoms in total. The molecule has 16 heavy (non-hydrogen) atoms. The fourth-order valence-electron chi connectivity index (χ4n) is 1.86. The summed E-state index contributed by atoms with van der Waals surface area (Å²) in [5.74, 6) is 0.651. The third-order valence-electron chi connectivity index (χ3n) is 2.72. The van der Waals surface area contributed by atoms with Gasteiger partial charge in [0.25, 0.3) is 5.69 Å². The molecule has 1 aliphatic rings. The molecule has 0 aliphatic carbocycles. The van der Waals surface area contributed by atoms with Crippen molar-refractivity contribution >= 4 is 18.5 Å². The van der Waals surface area contributed by atoms with Crippen molar-refractivity contribution in [3.05, 3.63) is 23.3 Å². The highest BCUT2D eigenvalue weighted by atomic mass is 16.6. The Kier molecular flexibility index (Phi) is 2.15. The standard InChI is InChI=1S/C13H16NO2/c1-8-6-9(13(2,3)4)11-10(7-8)14(5)12(15)16-11/h6-7H,5H2,1-4H3/q+1. The number of benzene rings is 1. The number of ether oxygens (including phenoxy) is 1. The van der Waals surface area contributed by atoms with Gasteiger partial charge in [-0.1, -0.05) is 31.4 Å². The number of aryl methyl sites for hydroxylation is 1. The van der Waals surface area contributed by atoms with Crippen LogP contribution in [0.3, 0.4) is 0 Å². The van der Waals surface area contributed by atoms with Crippen LogP contribution in [0.5, 0.6) is 5.75 Å². The molecule has 84 valence electrons. The molecular weight excluding hydrogens is 202 g/mol. The van der Waals surface area contributed by atoms with E-state index in [-0.39, 0.29) is 5.41 Å². The normalized spacial score (nSPS) is 15.0. The van der Waals surface area contributed by atoms with Gasteiger partial charge in [0.1, 0.15) is 6.72 Å². The van der Waals surface area contributed by atoms with Crippen molar-refractivity contribution in [3.63, 3.8) is 0 Å². The Morgan fingerprint density at radius 3 is 2.50 bits per heavy atom. The van der Waals surface area contributed by atoms with Crippen molar-refractivity contribution < 1.29 is 14.1 Å². The number of rotatable bonds is 0. The second kappa shape index (κ2) is 3.17. The number of amides is 1. The number of carbonyl (C=O) groups is 1. The minimum absolute atomic E-state index is 0.0540. The molecule has 0 aromatic heterocycles. The maximum Gasteiger partial charge on any atom is 0.607 e. The smallest absolute Gasteiger partial charge is 0.365 e. The Balaban J connectivity index is 2.72. The van der Waals surface area contributed by atoms with Crippen molar-refractivity contribution in [3.8, 4) is 5.75 Å². The maximum absolute atomic E-state index is 11.5. The van der Waals surface area contributed by atoms with Crippen LogP contribution in [0.1, 0.15) is 31.9 Å². The summed E-state index contributed by atoms with van der Waals surface area (Å²) < 4.78 is 6.56. The molecule has 0 fully saturated rings. The van der Waals surface area contributed by atoms with E-state index in [9.17, 15) is 4.79 Å². The number of hydrogen-bond donors (Lipinski definition) is 0. The van der Waals surface area contributed by atoms with Gasteiger partial charge in [-0.15, -0.1) is 0 Å². The number of fused-ring (bicyclic) bond motifs is 1. The molecule has 3 heteroatoms. The van der Waals surface area contributed by atoms with Gasteiger partial charge in [-0.2, -0.15) is 4.79 Å². The molecule has 1 aromatic rings. The van der Waals surface area contributed by atoms with E-state index in [2.05, 4.69) is 33.6 Å². The average molecular weight is 218 g/mol. The molecule has 0 unspecified atom stereocenters. The molecule has 1 amide bonds. The van der Waals surface area contributed by atoms with Crippen LogP contribution in [0, 0.1) is 6.92 Å². The lowest BCUT2D eigenvalue weighted by atomic mass is 9.85. The van der Waals surface area contributed by atoms with E-state index in [1.165, 1.54) is 4.58 Å². The third kappa shape index (κ3) is 1.52. The molecule has 0 saturated heterocycles. The first-order chi connectivity index (χ1) is 7.30. The van der Waals surface area contributed by atoms with Gasteiger partial charge in [0.05, 0.1) is 0 Å². The topological polar surface area (TPSA) is 29.3 Å². The van der Waals surface area contributed by atoms with E-state index >= 15 is 0 Å². The second-order valence-electron chi connectivity index (χ2n) is 5.21. The molecular formula is C13H16NO2+. The second-order valence-corrected chi connectivity index (χ2v) is 5.21. The largest absolute Gasteiger partial charge is 0.607 e. The summed E-state index contributed by atoms with van der Waals surface area (Å²) in [6.45, 7) is 12.0. The van der Waals surface area contributed by atoms with Crippen LogP contribution in [0.25, 0.3) is 0 Å². The lowest BCUT2D eigenvalue weighted by Gasteiger charge is -2.20. The zero-order chi connectivity index (χ0) is 12.1. The Hall–Kier alpha value is -1.64. The van der Waals surface area contributed by atoms with Gasteiger partial charge in [0.2, 0.25) is 5.75 Å². The predicted molar refractivity (Wildman–Crippen MR) is 62.9 cm³/mol. The molecule has 1 aliphatic heterocycles. The summed E-state index contributed by atoms with van der Waals surface area (Å²) >= 11 is 0. The van der Waals surface area contributed by atoms with E-state index in [1.54, 1.807) is 0 Å². The Morgan fingerprint density at radius 1 is 1.31 bits per heavy atom. The summed E-state index contributed by atoms with van der Waals surface area (Å²) in [6, 6.07) is 3.98. The van der Waals surface area contributed by atoms with Crippen LogP contribution in [0.2, 0.25) is 0 Å². The highest BCUT2D eigenvalue weighted by molar-refractivity contribution is 5.78. The van der Waals surface area contributed by atoms with Gasteiger partial charge < -0.3 is 4.74 Å². The summed E-state index contributed by atoms with van der Waals surface area (Å²) in [5.41, 5.74) is 2.86. The first-order valence-electron chi connectivity index (χ1n) is 5.28. The predicted octanol–water partition coefficient (Wildman–Crippen LogP) is 3.15. The lowest BCUT2D eigenvalue weighted by Crippen LogP contribution is -2.13. The molecule has 0 radical (unpaired) electrons. The van der Waals surface area contributed by atoms with Crippen LogP contribution in [-0.4, -0.2) is 17.4 Å². The average Bonchev–Trinajstić information content (AvgIpc) is 2.42. The quantitative estimate of drug-likeness (QED) is 0.626. The molecule has 0 N–H and O–H groups in total. The van der Waals surface area contributed by atoms with Crippen molar-refractivity contribution in [2.75, 3.05) is 0 Å². The first kappa shape index (κ1) is 10.9. The number of nitrogens with zero attached hydrogens (tertiary/aromatic N) is 1. The van der Waals surface area contributed by atoms with Crippen LogP contribution >= 0.6 is 0 Å². The van der Waals surface area contributed by atoms with Crippen LogP contribution in [-0.2, 0) is 5.41 Å². The van der Waals surface area contributed by atoms with Gasteiger partial charge in [-0.3, -0.25) is 0 Å².